The Morgan fingerprint density at radius 2 is 1.74 bits per heavy atom. The van der Waals surface area contributed by atoms with Crippen molar-refractivity contribution in [2.75, 3.05) is 44.2 Å². The summed E-state index contributed by atoms with van der Waals surface area (Å²) in [4.78, 5) is 22.3. The Hall–Kier alpha value is -2.70. The molecule has 2 aromatic carbocycles. The van der Waals surface area contributed by atoms with E-state index in [9.17, 15) is 4.79 Å². The fourth-order valence-electron chi connectivity index (χ4n) is 6.13. The lowest BCUT2D eigenvalue weighted by Crippen LogP contribution is -2.57. The van der Waals surface area contributed by atoms with Gasteiger partial charge in [-0.05, 0) is 38.0 Å². The topological polar surface area (TPSA) is 43.2 Å². The molecule has 1 unspecified atom stereocenters. The maximum atomic E-state index is 13.2. The number of hydrogen-bond acceptors (Lipinski definition) is 4. The Morgan fingerprint density at radius 1 is 1.00 bits per heavy atom. The second kappa shape index (κ2) is 9.40. The summed E-state index contributed by atoms with van der Waals surface area (Å²) < 4.78 is 6.37. The number of nitrogens with zero attached hydrogens (tertiary/aromatic N) is 4. The Kier molecular flexibility index (Phi) is 6.11. The summed E-state index contributed by atoms with van der Waals surface area (Å²) in [5, 5.41) is 1.75. The van der Waals surface area contributed by atoms with E-state index < -0.39 is 0 Å². The molecule has 3 aliphatic rings. The van der Waals surface area contributed by atoms with Crippen LogP contribution < -0.4 is 4.90 Å². The van der Waals surface area contributed by atoms with Gasteiger partial charge in [-0.25, -0.2) is 4.79 Å². The molecule has 3 heterocycles. The van der Waals surface area contributed by atoms with Gasteiger partial charge in [0.25, 0.3) is 0 Å². The van der Waals surface area contributed by atoms with Crippen molar-refractivity contribution in [1.82, 2.24) is 14.7 Å². The van der Waals surface area contributed by atoms with E-state index >= 15 is 0 Å². The van der Waals surface area contributed by atoms with Crippen LogP contribution in [0.5, 0.6) is 0 Å². The molecule has 0 bridgehead atoms. The molecule has 1 atom stereocenters. The molecule has 0 radical (unpaired) electrons. The number of likely N-dealkylation sites (N-methyl/N-ethyl adjacent to an activating group) is 1. The molecule has 1 aromatic heterocycles. The first-order chi connectivity index (χ1) is 17.1. The van der Waals surface area contributed by atoms with E-state index in [2.05, 4.69) is 39.8 Å². The number of furan rings is 1. The zero-order chi connectivity index (χ0) is 23.9. The van der Waals surface area contributed by atoms with Crippen LogP contribution >= 0.6 is 11.6 Å². The lowest BCUT2D eigenvalue weighted by atomic mass is 10.1. The average Bonchev–Trinajstić information content (AvgIpc) is 3.63. The number of carbonyl (C=O) groups excluding carboxylic acids is 1. The summed E-state index contributed by atoms with van der Waals surface area (Å²) in [5.41, 5.74) is 3.01. The van der Waals surface area contributed by atoms with E-state index in [-0.39, 0.29) is 12.2 Å². The summed E-state index contributed by atoms with van der Waals surface area (Å²) in [6.45, 7) is 7.27. The molecular formula is C28H33ClN4O2. The molecule has 3 aromatic rings. The molecule has 0 N–H and O–H groups in total. The maximum Gasteiger partial charge on any atom is 0.321 e. The summed E-state index contributed by atoms with van der Waals surface area (Å²) in [6.07, 6.45) is 4.94. The number of benzene rings is 2. The quantitative estimate of drug-likeness (QED) is 0.444. The van der Waals surface area contributed by atoms with Crippen molar-refractivity contribution in [2.45, 2.75) is 44.8 Å². The molecule has 1 aliphatic carbocycles. The van der Waals surface area contributed by atoms with Crippen molar-refractivity contribution in [1.29, 1.82) is 0 Å². The minimum atomic E-state index is 0.181. The number of hydrogen-bond donors (Lipinski definition) is 0. The predicted molar refractivity (Wildman–Crippen MR) is 141 cm³/mol. The third kappa shape index (κ3) is 4.17. The minimum absolute atomic E-state index is 0.181. The Bertz CT molecular complexity index is 1200. The lowest BCUT2D eigenvalue weighted by molar-refractivity contribution is 0.0666. The Balaban J connectivity index is 1.23. The number of urea groups is 1. The van der Waals surface area contributed by atoms with Crippen LogP contribution in [-0.2, 0) is 0 Å². The second-order valence-electron chi connectivity index (χ2n) is 9.99. The summed E-state index contributed by atoms with van der Waals surface area (Å²) in [5.74, 6) is 0.860. The van der Waals surface area contributed by atoms with E-state index in [4.69, 9.17) is 16.0 Å². The molecule has 184 valence electrons. The fraction of sp³-hybridized carbons (Fsp3) is 0.464. The third-order valence-corrected chi connectivity index (χ3v) is 8.21. The van der Waals surface area contributed by atoms with Crippen LogP contribution in [0.15, 0.2) is 52.9 Å². The van der Waals surface area contributed by atoms with Crippen LogP contribution in [0, 0.1) is 0 Å². The van der Waals surface area contributed by atoms with Gasteiger partial charge in [0, 0.05) is 54.7 Å². The van der Waals surface area contributed by atoms with Crippen molar-refractivity contribution in [3.63, 3.8) is 0 Å². The zero-order valence-corrected chi connectivity index (χ0v) is 21.1. The standard InChI is InChI=1S/C28H33ClN4O2/c1-2-30-19-26(33(28(30)34)23-10-6-7-11-23)32-14-12-31(13-15-32)24-18-22(29)16-21-17-25(35-27(21)24)20-8-4-3-5-9-20/h3-5,8-9,16-18,23,26H,2,6-7,10-15,19H2,1H3. The normalized spacial score (nSPS) is 22.2. The van der Waals surface area contributed by atoms with Crippen molar-refractivity contribution < 1.29 is 9.21 Å². The number of piperazine rings is 1. The van der Waals surface area contributed by atoms with Gasteiger partial charge in [0.05, 0.1) is 12.2 Å². The first-order valence-electron chi connectivity index (χ1n) is 13.0. The highest BCUT2D eigenvalue weighted by atomic mass is 35.5. The lowest BCUT2D eigenvalue weighted by Gasteiger charge is -2.42. The van der Waals surface area contributed by atoms with Gasteiger partial charge in [-0.3, -0.25) is 4.90 Å². The van der Waals surface area contributed by atoms with Gasteiger partial charge in [-0.1, -0.05) is 54.8 Å². The van der Waals surface area contributed by atoms with Crippen LogP contribution in [-0.4, -0.2) is 72.2 Å². The summed E-state index contributed by atoms with van der Waals surface area (Å²) in [7, 11) is 0. The average molecular weight is 493 g/mol. The molecule has 2 amide bonds. The van der Waals surface area contributed by atoms with Crippen LogP contribution in [0.2, 0.25) is 5.02 Å². The number of anilines is 1. The van der Waals surface area contributed by atoms with Crippen molar-refractivity contribution in [3.05, 3.63) is 53.6 Å². The number of amides is 2. The molecule has 1 saturated carbocycles. The maximum absolute atomic E-state index is 13.2. The monoisotopic (exact) mass is 492 g/mol. The predicted octanol–water partition coefficient (Wildman–Crippen LogP) is 5.90. The largest absolute Gasteiger partial charge is 0.454 e. The molecule has 6 nitrogen and oxygen atoms in total. The van der Waals surface area contributed by atoms with Crippen molar-refractivity contribution in [3.8, 4) is 11.3 Å². The minimum Gasteiger partial charge on any atom is -0.454 e. The Morgan fingerprint density at radius 3 is 2.46 bits per heavy atom. The highest BCUT2D eigenvalue weighted by Crippen LogP contribution is 2.37. The van der Waals surface area contributed by atoms with Gasteiger partial charge in [-0.2, -0.15) is 0 Å². The van der Waals surface area contributed by atoms with Gasteiger partial charge in [0.15, 0.2) is 5.58 Å². The molecule has 35 heavy (non-hydrogen) atoms. The second-order valence-corrected chi connectivity index (χ2v) is 10.4. The number of rotatable bonds is 5. The van der Waals surface area contributed by atoms with E-state index in [0.717, 1.165) is 85.1 Å². The van der Waals surface area contributed by atoms with Gasteiger partial charge < -0.3 is 19.1 Å². The van der Waals surface area contributed by atoms with E-state index in [0.29, 0.717) is 6.04 Å². The first-order valence-corrected chi connectivity index (χ1v) is 13.3. The Labute approximate surface area is 212 Å². The molecule has 3 fully saturated rings. The third-order valence-electron chi connectivity index (χ3n) is 7.99. The molecule has 2 saturated heterocycles. The molecule has 2 aliphatic heterocycles. The van der Waals surface area contributed by atoms with Crippen molar-refractivity contribution >= 4 is 34.3 Å². The van der Waals surface area contributed by atoms with Crippen LogP contribution in [0.3, 0.4) is 0 Å². The zero-order valence-electron chi connectivity index (χ0n) is 20.3. The number of carbonyl (C=O) groups is 1. The van der Waals surface area contributed by atoms with Gasteiger partial charge in [0.1, 0.15) is 11.9 Å². The summed E-state index contributed by atoms with van der Waals surface area (Å²) in [6, 6.07) is 16.9. The van der Waals surface area contributed by atoms with Gasteiger partial charge in [0.2, 0.25) is 0 Å². The number of halogens is 1. The summed E-state index contributed by atoms with van der Waals surface area (Å²) >= 11 is 6.54. The van der Waals surface area contributed by atoms with Gasteiger partial charge >= 0.3 is 6.03 Å². The SMILES string of the molecule is CCN1CC(N2CCN(c3cc(Cl)cc4cc(-c5ccccc5)oc34)CC2)N(C2CCCC2)C1=O. The van der Waals surface area contributed by atoms with Gasteiger partial charge in [-0.15, -0.1) is 0 Å². The van der Waals surface area contributed by atoms with Crippen LogP contribution in [0.25, 0.3) is 22.3 Å². The number of fused-ring (bicyclic) bond motifs is 1. The fourth-order valence-corrected chi connectivity index (χ4v) is 6.35. The first kappa shape index (κ1) is 22.7. The molecule has 0 spiro atoms. The molecule has 7 heteroatoms. The van der Waals surface area contributed by atoms with Crippen molar-refractivity contribution in [2.24, 2.45) is 0 Å². The van der Waals surface area contributed by atoms with E-state index in [1.165, 1.54) is 12.8 Å². The van der Waals surface area contributed by atoms with E-state index in [1.54, 1.807) is 0 Å². The highest BCUT2D eigenvalue weighted by Gasteiger charge is 2.44. The molecular weight excluding hydrogens is 460 g/mol. The van der Waals surface area contributed by atoms with Crippen LogP contribution in [0.1, 0.15) is 32.6 Å². The highest BCUT2D eigenvalue weighted by molar-refractivity contribution is 6.31. The molecule has 6 rings (SSSR count). The smallest absolute Gasteiger partial charge is 0.321 e. The van der Waals surface area contributed by atoms with Crippen LogP contribution in [0.4, 0.5) is 10.5 Å². The van der Waals surface area contributed by atoms with E-state index in [1.807, 2.05) is 35.2 Å².